The van der Waals surface area contributed by atoms with Crippen molar-refractivity contribution in [1.82, 2.24) is 14.2 Å². The number of amides is 1. The summed E-state index contributed by atoms with van der Waals surface area (Å²) in [6.45, 7) is 11.8. The number of nitrogens with zero attached hydrogens (tertiary/aromatic N) is 3. The van der Waals surface area contributed by atoms with Crippen molar-refractivity contribution in [3.63, 3.8) is 0 Å². The van der Waals surface area contributed by atoms with Gasteiger partial charge < -0.3 is 18.8 Å². The summed E-state index contributed by atoms with van der Waals surface area (Å²) < 4.78 is 12.9. The van der Waals surface area contributed by atoms with Gasteiger partial charge >= 0.3 is 12.1 Å². The zero-order valence-corrected chi connectivity index (χ0v) is 18.3. The molecule has 0 aliphatic carbocycles. The number of esters is 1. The van der Waals surface area contributed by atoms with Gasteiger partial charge in [0.2, 0.25) is 0 Å². The molecule has 162 valence electrons. The van der Waals surface area contributed by atoms with Gasteiger partial charge in [-0.15, -0.1) is 0 Å². The first-order valence-electron chi connectivity index (χ1n) is 10.7. The SMILES string of the molecule is CCOC(=O)c1cc2ccccn2c1CN1C[C@@H]2CN(C(=O)OC(C)(C)C)C[C@@H]2C1. The Balaban J connectivity index is 1.45. The van der Waals surface area contributed by atoms with Crippen LogP contribution in [0.2, 0.25) is 0 Å². The smallest absolute Gasteiger partial charge is 0.410 e. The number of rotatable bonds is 4. The number of fused-ring (bicyclic) bond motifs is 2. The van der Waals surface area contributed by atoms with Crippen LogP contribution in [0.5, 0.6) is 0 Å². The van der Waals surface area contributed by atoms with Crippen LogP contribution >= 0.6 is 0 Å². The Morgan fingerprint density at radius 2 is 1.80 bits per heavy atom. The van der Waals surface area contributed by atoms with Crippen molar-refractivity contribution in [3.8, 4) is 0 Å². The first-order valence-corrected chi connectivity index (χ1v) is 10.7. The summed E-state index contributed by atoms with van der Waals surface area (Å²) >= 11 is 0. The van der Waals surface area contributed by atoms with E-state index in [0.717, 1.165) is 37.4 Å². The van der Waals surface area contributed by atoms with Crippen LogP contribution < -0.4 is 0 Å². The summed E-state index contributed by atoms with van der Waals surface area (Å²) in [7, 11) is 0. The summed E-state index contributed by atoms with van der Waals surface area (Å²) in [5.41, 5.74) is 2.12. The Labute approximate surface area is 177 Å². The van der Waals surface area contributed by atoms with Gasteiger partial charge in [-0.05, 0) is 57.7 Å². The fourth-order valence-electron chi connectivity index (χ4n) is 4.63. The summed E-state index contributed by atoms with van der Waals surface area (Å²) in [6.07, 6.45) is 1.78. The fraction of sp³-hybridized carbons (Fsp3) is 0.565. The van der Waals surface area contributed by atoms with Gasteiger partial charge in [0.05, 0.1) is 17.9 Å². The quantitative estimate of drug-likeness (QED) is 0.719. The third kappa shape index (κ3) is 4.17. The monoisotopic (exact) mass is 413 g/mol. The predicted molar refractivity (Wildman–Crippen MR) is 113 cm³/mol. The Bertz CT molecular complexity index is 932. The van der Waals surface area contributed by atoms with Crippen molar-refractivity contribution in [2.75, 3.05) is 32.8 Å². The molecule has 4 rings (SSSR count). The number of ether oxygens (including phenoxy) is 2. The maximum Gasteiger partial charge on any atom is 0.410 e. The largest absolute Gasteiger partial charge is 0.462 e. The molecule has 2 aromatic heterocycles. The number of carbonyl (C=O) groups is 2. The Morgan fingerprint density at radius 1 is 1.10 bits per heavy atom. The molecule has 2 aliphatic heterocycles. The van der Waals surface area contributed by atoms with Gasteiger partial charge in [0.25, 0.3) is 0 Å². The van der Waals surface area contributed by atoms with Crippen molar-refractivity contribution in [1.29, 1.82) is 0 Å². The number of carbonyl (C=O) groups excluding carboxylic acids is 2. The third-order valence-corrected chi connectivity index (χ3v) is 5.87. The van der Waals surface area contributed by atoms with E-state index in [2.05, 4.69) is 9.30 Å². The predicted octanol–water partition coefficient (Wildman–Crippen LogP) is 3.41. The molecule has 0 unspecified atom stereocenters. The topological polar surface area (TPSA) is 63.5 Å². The third-order valence-electron chi connectivity index (χ3n) is 5.87. The zero-order valence-electron chi connectivity index (χ0n) is 18.3. The molecule has 0 saturated carbocycles. The molecule has 2 saturated heterocycles. The molecule has 2 aliphatic rings. The highest BCUT2D eigenvalue weighted by atomic mass is 16.6. The lowest BCUT2D eigenvalue weighted by Crippen LogP contribution is -2.37. The van der Waals surface area contributed by atoms with Crippen molar-refractivity contribution in [2.45, 2.75) is 39.8 Å². The van der Waals surface area contributed by atoms with Gasteiger partial charge in [0.15, 0.2) is 0 Å². The number of aromatic nitrogens is 1. The van der Waals surface area contributed by atoms with Gasteiger partial charge in [0.1, 0.15) is 5.60 Å². The average Bonchev–Trinajstić information content (AvgIpc) is 3.32. The Hall–Kier alpha value is -2.54. The van der Waals surface area contributed by atoms with E-state index in [9.17, 15) is 9.59 Å². The van der Waals surface area contributed by atoms with Crippen molar-refractivity contribution >= 4 is 17.6 Å². The number of likely N-dealkylation sites (tertiary alicyclic amines) is 2. The molecule has 1 amide bonds. The molecule has 4 heterocycles. The minimum atomic E-state index is -0.472. The van der Waals surface area contributed by atoms with Crippen molar-refractivity contribution < 1.29 is 19.1 Å². The lowest BCUT2D eigenvalue weighted by molar-refractivity contribution is 0.0273. The molecule has 7 nitrogen and oxygen atoms in total. The summed E-state index contributed by atoms with van der Waals surface area (Å²) in [5.74, 6) is 0.608. The number of hydrogen-bond donors (Lipinski definition) is 0. The van der Waals surface area contributed by atoms with Crippen LogP contribution in [0.4, 0.5) is 4.79 Å². The van der Waals surface area contributed by atoms with Crippen LogP contribution in [-0.2, 0) is 16.0 Å². The van der Waals surface area contributed by atoms with Crippen LogP contribution in [0, 0.1) is 11.8 Å². The van der Waals surface area contributed by atoms with Gasteiger partial charge in [0, 0.05) is 44.4 Å². The summed E-state index contributed by atoms with van der Waals surface area (Å²) in [4.78, 5) is 29.1. The molecular formula is C23H31N3O4. The molecule has 2 aromatic rings. The maximum atomic E-state index is 12.5. The molecule has 0 spiro atoms. The van der Waals surface area contributed by atoms with Crippen molar-refractivity contribution in [3.05, 3.63) is 41.7 Å². The van der Waals surface area contributed by atoms with Crippen LogP contribution in [0.3, 0.4) is 0 Å². The van der Waals surface area contributed by atoms with E-state index in [1.807, 2.05) is 63.1 Å². The van der Waals surface area contributed by atoms with E-state index in [4.69, 9.17) is 9.47 Å². The van der Waals surface area contributed by atoms with E-state index < -0.39 is 5.60 Å². The number of pyridine rings is 1. The molecule has 0 bridgehead atoms. The van der Waals surface area contributed by atoms with E-state index in [-0.39, 0.29) is 12.1 Å². The second-order valence-electron chi connectivity index (χ2n) is 9.32. The van der Waals surface area contributed by atoms with E-state index in [1.165, 1.54) is 0 Å². The van der Waals surface area contributed by atoms with Gasteiger partial charge in [-0.25, -0.2) is 9.59 Å². The second kappa shape index (κ2) is 7.95. The van der Waals surface area contributed by atoms with Gasteiger partial charge in [-0.2, -0.15) is 0 Å². The summed E-state index contributed by atoms with van der Waals surface area (Å²) in [6, 6.07) is 7.86. The number of hydrogen-bond acceptors (Lipinski definition) is 5. The second-order valence-corrected chi connectivity index (χ2v) is 9.32. The molecule has 2 atom stereocenters. The minimum Gasteiger partial charge on any atom is -0.462 e. The zero-order chi connectivity index (χ0) is 21.5. The van der Waals surface area contributed by atoms with Gasteiger partial charge in [-0.1, -0.05) is 6.07 Å². The highest BCUT2D eigenvalue weighted by molar-refractivity contribution is 5.93. The lowest BCUT2D eigenvalue weighted by atomic mass is 10.0. The first kappa shape index (κ1) is 20.7. The van der Waals surface area contributed by atoms with Crippen LogP contribution in [0.25, 0.3) is 5.52 Å². The average molecular weight is 414 g/mol. The van der Waals surface area contributed by atoms with Crippen LogP contribution in [-0.4, -0.2) is 64.7 Å². The van der Waals surface area contributed by atoms with E-state index in [0.29, 0.717) is 30.6 Å². The molecular weight excluding hydrogens is 382 g/mol. The van der Waals surface area contributed by atoms with Crippen molar-refractivity contribution in [2.24, 2.45) is 11.8 Å². The van der Waals surface area contributed by atoms with Gasteiger partial charge in [-0.3, -0.25) is 4.90 Å². The van der Waals surface area contributed by atoms with E-state index >= 15 is 0 Å². The molecule has 2 fully saturated rings. The Kier molecular flexibility index (Phi) is 5.49. The normalized spacial score (nSPS) is 21.8. The standard InChI is InChI=1S/C23H31N3O4/c1-5-29-21(27)19-10-18-8-6-7-9-26(18)20(19)15-24-11-16-13-25(14-17(16)12-24)22(28)30-23(2,3)4/h6-10,16-17H,5,11-15H2,1-4H3/t16-,17+. The Morgan fingerprint density at radius 3 is 2.43 bits per heavy atom. The highest BCUT2D eigenvalue weighted by Gasteiger charge is 2.43. The first-order chi connectivity index (χ1) is 14.2. The minimum absolute atomic E-state index is 0.217. The highest BCUT2D eigenvalue weighted by Crippen LogP contribution is 2.33. The van der Waals surface area contributed by atoms with Crippen LogP contribution in [0.15, 0.2) is 30.5 Å². The van der Waals surface area contributed by atoms with E-state index in [1.54, 1.807) is 0 Å². The molecule has 0 aromatic carbocycles. The fourth-order valence-corrected chi connectivity index (χ4v) is 4.63. The molecule has 0 N–H and O–H groups in total. The molecule has 0 radical (unpaired) electrons. The van der Waals surface area contributed by atoms with Crippen LogP contribution in [0.1, 0.15) is 43.7 Å². The lowest BCUT2D eigenvalue weighted by Gasteiger charge is -2.26. The molecule has 7 heteroatoms. The molecule has 30 heavy (non-hydrogen) atoms. The maximum absolute atomic E-state index is 12.5. The summed E-state index contributed by atoms with van der Waals surface area (Å²) in [5, 5.41) is 0.